The van der Waals surface area contributed by atoms with Crippen molar-refractivity contribution < 1.29 is 26.3 Å². The molecule has 11 nitrogen and oxygen atoms in total. The van der Waals surface area contributed by atoms with Crippen molar-refractivity contribution >= 4 is 43.6 Å². The molecule has 0 spiro atoms. The van der Waals surface area contributed by atoms with Crippen molar-refractivity contribution in [1.82, 2.24) is 9.13 Å². The van der Waals surface area contributed by atoms with Crippen LogP contribution in [0.4, 0.5) is 26.3 Å². The van der Waals surface area contributed by atoms with Gasteiger partial charge in [-0.25, -0.2) is 0 Å². The molecule has 10 aromatic carbocycles. The Balaban J connectivity index is 1.24. The van der Waals surface area contributed by atoms with Gasteiger partial charge in [0.15, 0.2) is 0 Å². The SMILES string of the molecule is N#Cc1cc(C#N)cc(-c2ccc3c(c2)c2cc(-c4cc(C#N)cc(C#N)c4)ccc2n3-c2cc(-c3c(C(F)(F)F)cccc3C(F)(F)F)cc(-n3c4ccc(-c5cc(C#N)cc(C#N)c5)cc4c4cc(-c5cc(C#N)cc(C#N)c5)ccc43)c2C#N)c1. The molecule has 0 aliphatic carbocycles. The van der Waals surface area contributed by atoms with E-state index in [9.17, 15) is 47.4 Å². The molecule has 0 bridgehead atoms. The second-order valence-electron chi connectivity index (χ2n) is 20.4. The molecule has 2 aromatic heterocycles. The molecule has 12 aromatic rings. The van der Waals surface area contributed by atoms with Gasteiger partial charge in [-0.15, -0.1) is 0 Å². The minimum atomic E-state index is -5.37. The van der Waals surface area contributed by atoms with Gasteiger partial charge < -0.3 is 9.13 Å². The topological polar surface area (TPSA) is 224 Å². The van der Waals surface area contributed by atoms with Crippen LogP contribution in [0.25, 0.3) is 111 Å². The van der Waals surface area contributed by atoms with E-state index in [1.54, 1.807) is 130 Å². The predicted octanol–water partition coefficient (Wildman–Crippen LogP) is 17.1. The average Bonchev–Trinajstić information content (AvgIpc) is 1.64. The van der Waals surface area contributed by atoms with E-state index >= 15 is 26.3 Å². The molecule has 0 fully saturated rings. The summed E-state index contributed by atoms with van der Waals surface area (Å²) < 4.78 is 96.4. The van der Waals surface area contributed by atoms with Crippen LogP contribution in [0, 0.1) is 102 Å². The lowest BCUT2D eigenvalue weighted by atomic mass is 9.91. The van der Waals surface area contributed by atoms with Gasteiger partial charge in [-0.3, -0.25) is 0 Å². The van der Waals surface area contributed by atoms with E-state index in [4.69, 9.17) is 0 Å². The Morgan fingerprint density at radius 1 is 0.261 bits per heavy atom. The van der Waals surface area contributed by atoms with E-state index in [-0.39, 0.29) is 61.4 Å². The molecule has 2 heterocycles. The number of halogens is 6. The predicted molar refractivity (Wildman–Crippen MR) is 315 cm³/mol. The van der Waals surface area contributed by atoms with Crippen molar-refractivity contribution in [2.24, 2.45) is 0 Å². The molecular weight excluding hydrogens is 1120 g/mol. The molecule has 0 radical (unpaired) electrons. The van der Waals surface area contributed by atoms with Gasteiger partial charge in [-0.1, -0.05) is 30.3 Å². The van der Waals surface area contributed by atoms with Crippen molar-refractivity contribution in [2.45, 2.75) is 12.4 Å². The molecule has 0 saturated carbocycles. The standard InChI is InChI=1S/C71H29F6N11/c72-70(73,74)61-2-1-3-62(71(75,76)77)69(61)55-28-67(87-63-8-4-47(51-16-39(30-78)12-40(17-51)31-79)24-56(63)57-25-48(5-9-64(57)87)52-18-41(32-80)13-42(19-52)33-81)60(38-86)68(29-55)88-65-10-6-49(53-20-43(34-82)14-44(21-53)35-83)26-58(65)59-27-50(7-11-66(59)88)54-22-45(36-84)15-46(23-54)37-85/h1-29H. The zero-order valence-corrected chi connectivity index (χ0v) is 44.9. The monoisotopic (exact) mass is 1150 g/mol. The van der Waals surface area contributed by atoms with E-state index in [2.05, 4.69) is 54.6 Å². The minimum absolute atomic E-state index is 0.171. The van der Waals surface area contributed by atoms with Crippen LogP contribution < -0.4 is 0 Å². The van der Waals surface area contributed by atoms with Gasteiger partial charge in [0.05, 0.1) is 138 Å². The summed E-state index contributed by atoms with van der Waals surface area (Å²) in [6.07, 6.45) is -10.7. The minimum Gasteiger partial charge on any atom is -0.308 e. The fraction of sp³-hybridized carbons (Fsp3) is 0.0282. The molecule has 0 saturated heterocycles. The highest BCUT2D eigenvalue weighted by Crippen LogP contribution is 2.49. The fourth-order valence-corrected chi connectivity index (χ4v) is 11.5. The van der Waals surface area contributed by atoms with Crippen molar-refractivity contribution in [3.8, 4) is 122 Å². The van der Waals surface area contributed by atoms with Crippen molar-refractivity contribution in [3.63, 3.8) is 0 Å². The second-order valence-corrected chi connectivity index (χ2v) is 20.4. The lowest BCUT2D eigenvalue weighted by Gasteiger charge is -2.22. The van der Waals surface area contributed by atoms with Crippen molar-refractivity contribution in [3.05, 3.63) is 237 Å². The lowest BCUT2D eigenvalue weighted by Crippen LogP contribution is -2.15. The van der Waals surface area contributed by atoms with Crippen molar-refractivity contribution in [2.75, 3.05) is 0 Å². The first-order chi connectivity index (χ1) is 42.4. The Morgan fingerprint density at radius 2 is 0.511 bits per heavy atom. The maximum Gasteiger partial charge on any atom is 0.417 e. The van der Waals surface area contributed by atoms with Gasteiger partial charge in [-0.2, -0.15) is 73.7 Å². The Hall–Kier alpha value is -13.2. The number of fused-ring (bicyclic) bond motifs is 6. The highest BCUT2D eigenvalue weighted by Gasteiger charge is 2.42. The molecule has 12 rings (SSSR count). The van der Waals surface area contributed by atoms with E-state index in [0.717, 1.165) is 12.1 Å². The Bertz CT molecular complexity index is 4780. The van der Waals surface area contributed by atoms with E-state index < -0.39 is 34.6 Å². The number of nitrogens with zero attached hydrogens (tertiary/aromatic N) is 11. The van der Waals surface area contributed by atoms with Gasteiger partial charge in [0, 0.05) is 27.1 Å². The number of benzene rings is 10. The molecule has 0 unspecified atom stereocenters. The summed E-state index contributed by atoms with van der Waals surface area (Å²) in [6, 6.07) is 61.1. The molecule has 0 N–H and O–H groups in total. The van der Waals surface area contributed by atoms with Crippen LogP contribution >= 0.6 is 0 Å². The Morgan fingerprint density at radius 3 is 0.727 bits per heavy atom. The summed E-state index contributed by atoms with van der Waals surface area (Å²) in [4.78, 5) is 0. The number of aromatic nitrogens is 2. The van der Waals surface area contributed by atoms with Gasteiger partial charge >= 0.3 is 12.4 Å². The fourth-order valence-electron chi connectivity index (χ4n) is 11.5. The Labute approximate surface area is 495 Å². The zero-order valence-electron chi connectivity index (χ0n) is 44.9. The maximum absolute atomic E-state index is 15.5. The summed E-state index contributed by atoms with van der Waals surface area (Å²) >= 11 is 0. The molecule has 0 aliphatic rings. The third-order valence-corrected chi connectivity index (χ3v) is 15.3. The van der Waals surface area contributed by atoms with E-state index in [1.165, 1.54) is 24.3 Å². The van der Waals surface area contributed by atoms with Crippen LogP contribution in [-0.4, -0.2) is 9.13 Å². The van der Waals surface area contributed by atoms with Crippen LogP contribution in [0.5, 0.6) is 0 Å². The number of hydrogen-bond donors (Lipinski definition) is 0. The molecule has 17 heteroatoms. The van der Waals surface area contributed by atoms with Gasteiger partial charge in [0.1, 0.15) is 11.6 Å². The van der Waals surface area contributed by atoms with Crippen LogP contribution in [0.2, 0.25) is 0 Å². The average molecular weight is 1150 g/mol. The summed E-state index contributed by atoms with van der Waals surface area (Å²) in [5.41, 5.74) is 0.623. The molecule has 88 heavy (non-hydrogen) atoms. The van der Waals surface area contributed by atoms with E-state index in [0.29, 0.717) is 106 Å². The van der Waals surface area contributed by atoms with Gasteiger partial charge in [-0.05, 0) is 196 Å². The third-order valence-electron chi connectivity index (χ3n) is 15.3. The summed E-state index contributed by atoms with van der Waals surface area (Å²) in [6.45, 7) is 0. The smallest absolute Gasteiger partial charge is 0.308 e. The molecule has 0 atom stereocenters. The van der Waals surface area contributed by atoms with Gasteiger partial charge in [0.2, 0.25) is 0 Å². The summed E-state index contributed by atoms with van der Waals surface area (Å²) in [7, 11) is 0. The second kappa shape index (κ2) is 21.2. The number of nitriles is 9. The first-order valence-corrected chi connectivity index (χ1v) is 26.3. The third kappa shape index (κ3) is 9.49. The van der Waals surface area contributed by atoms with Gasteiger partial charge in [0.25, 0.3) is 0 Å². The summed E-state index contributed by atoms with van der Waals surface area (Å²) in [5, 5.41) is 93.2. The first-order valence-electron chi connectivity index (χ1n) is 26.3. The first kappa shape index (κ1) is 55.3. The number of rotatable bonds is 7. The van der Waals surface area contributed by atoms with E-state index in [1.807, 2.05) is 0 Å². The number of alkyl halides is 6. The van der Waals surface area contributed by atoms with Crippen LogP contribution in [0.15, 0.2) is 176 Å². The number of hydrogen-bond acceptors (Lipinski definition) is 9. The highest BCUT2D eigenvalue weighted by molar-refractivity contribution is 6.14. The quantitative estimate of drug-likeness (QED) is 0.138. The molecular formula is C71H29F6N11. The largest absolute Gasteiger partial charge is 0.417 e. The van der Waals surface area contributed by atoms with Crippen LogP contribution in [0.1, 0.15) is 61.2 Å². The molecule has 0 aliphatic heterocycles. The van der Waals surface area contributed by atoms with Crippen LogP contribution in [0.3, 0.4) is 0 Å². The van der Waals surface area contributed by atoms with Crippen molar-refractivity contribution in [1.29, 1.82) is 47.4 Å². The maximum atomic E-state index is 15.5. The normalized spacial score (nSPS) is 11.2. The van der Waals surface area contributed by atoms with Crippen LogP contribution in [-0.2, 0) is 12.4 Å². The molecule has 410 valence electrons. The Kier molecular flexibility index (Phi) is 13.3. The highest BCUT2D eigenvalue weighted by atomic mass is 19.4. The summed E-state index contributed by atoms with van der Waals surface area (Å²) in [5.74, 6) is 0. The lowest BCUT2D eigenvalue weighted by molar-refractivity contribution is -0.142. The zero-order chi connectivity index (χ0) is 61.9. The molecule has 0 amide bonds.